The number of rotatable bonds is 3. The lowest BCUT2D eigenvalue weighted by molar-refractivity contribution is 0.207. The van der Waals surface area contributed by atoms with E-state index in [4.69, 9.17) is 0 Å². The average Bonchev–Trinajstić information content (AvgIpc) is 3.15. The maximum Gasteiger partial charge on any atom is 0.0421 e. The van der Waals surface area contributed by atoms with Crippen LogP contribution in [0.2, 0.25) is 0 Å². The summed E-state index contributed by atoms with van der Waals surface area (Å²) in [5.41, 5.74) is 4.64. The predicted molar refractivity (Wildman–Crippen MR) is 99.7 cm³/mol. The zero-order valence-electron chi connectivity index (χ0n) is 14.3. The van der Waals surface area contributed by atoms with Crippen molar-refractivity contribution >= 4 is 5.69 Å². The molecule has 2 aliphatic heterocycles. The summed E-state index contributed by atoms with van der Waals surface area (Å²) in [6, 6.07) is 21.6. The molecule has 3 aliphatic rings. The van der Waals surface area contributed by atoms with Crippen molar-refractivity contribution in [2.45, 2.75) is 43.7 Å². The van der Waals surface area contributed by atoms with Crippen LogP contribution in [0.3, 0.4) is 0 Å². The Labute approximate surface area is 145 Å². The van der Waals surface area contributed by atoms with Crippen molar-refractivity contribution in [2.24, 2.45) is 0 Å². The van der Waals surface area contributed by atoms with E-state index in [1.807, 2.05) is 0 Å². The average molecular weight is 318 g/mol. The third-order valence-corrected chi connectivity index (χ3v) is 6.35. The van der Waals surface area contributed by atoms with Crippen LogP contribution in [0.5, 0.6) is 0 Å². The van der Waals surface area contributed by atoms with Crippen LogP contribution in [0, 0.1) is 0 Å². The van der Waals surface area contributed by atoms with Gasteiger partial charge in [-0.25, -0.2) is 0 Å². The van der Waals surface area contributed by atoms with Crippen LogP contribution < -0.4 is 4.90 Å². The van der Waals surface area contributed by atoms with E-state index in [1.165, 1.54) is 51.0 Å². The van der Waals surface area contributed by atoms with Crippen molar-refractivity contribution in [3.05, 3.63) is 65.7 Å². The highest BCUT2D eigenvalue weighted by atomic mass is 15.3. The molecular weight excluding hydrogens is 292 g/mol. The van der Waals surface area contributed by atoms with Gasteiger partial charge in [-0.3, -0.25) is 4.90 Å². The quantitative estimate of drug-likeness (QED) is 0.842. The molecule has 2 saturated heterocycles. The first kappa shape index (κ1) is 14.5. The summed E-state index contributed by atoms with van der Waals surface area (Å²) < 4.78 is 0. The number of nitrogens with zero attached hydrogens (tertiary/aromatic N) is 2. The number of anilines is 1. The smallest absolute Gasteiger partial charge is 0.0421 e. The molecule has 0 amide bonds. The summed E-state index contributed by atoms with van der Waals surface area (Å²) in [6.45, 7) is 3.74. The summed E-state index contributed by atoms with van der Waals surface area (Å²) in [4.78, 5) is 5.47. The Bertz CT molecular complexity index is 697. The third-order valence-electron chi connectivity index (χ3n) is 6.35. The fourth-order valence-electron chi connectivity index (χ4n) is 5.31. The van der Waals surface area contributed by atoms with Crippen LogP contribution in [0.25, 0.3) is 0 Å². The monoisotopic (exact) mass is 318 g/mol. The Morgan fingerprint density at radius 2 is 1.50 bits per heavy atom. The van der Waals surface area contributed by atoms with Gasteiger partial charge in [-0.2, -0.15) is 0 Å². The Balaban J connectivity index is 1.30. The van der Waals surface area contributed by atoms with Crippen molar-refractivity contribution < 1.29 is 0 Å². The van der Waals surface area contributed by atoms with E-state index in [1.54, 1.807) is 11.1 Å². The number of fused-ring (bicyclic) bond motifs is 3. The van der Waals surface area contributed by atoms with Gasteiger partial charge in [-0.05, 0) is 54.9 Å². The van der Waals surface area contributed by atoms with Crippen molar-refractivity contribution in [1.82, 2.24) is 4.90 Å². The highest BCUT2D eigenvalue weighted by molar-refractivity contribution is 5.50. The fourth-order valence-corrected chi connectivity index (χ4v) is 5.31. The van der Waals surface area contributed by atoms with Crippen LogP contribution in [0.15, 0.2) is 54.6 Å². The second-order valence-corrected chi connectivity index (χ2v) is 7.78. The second kappa shape index (κ2) is 5.93. The SMILES string of the molecule is c1ccc(N2[C@@H]3CC[C@H]2CN(CC2CCc4ccccc42)C3)cc1. The molecule has 0 N–H and O–H groups in total. The van der Waals surface area contributed by atoms with Crippen LogP contribution in [-0.4, -0.2) is 36.6 Å². The Kier molecular flexibility index (Phi) is 3.59. The Hall–Kier alpha value is -1.80. The molecular formula is C22H26N2. The molecule has 0 aromatic heterocycles. The minimum atomic E-state index is 0.711. The first-order valence-electron chi connectivity index (χ1n) is 9.52. The van der Waals surface area contributed by atoms with E-state index in [9.17, 15) is 0 Å². The molecule has 2 nitrogen and oxygen atoms in total. The summed E-state index contributed by atoms with van der Waals surface area (Å²) >= 11 is 0. The Morgan fingerprint density at radius 3 is 2.29 bits per heavy atom. The van der Waals surface area contributed by atoms with Crippen LogP contribution in [-0.2, 0) is 6.42 Å². The van der Waals surface area contributed by atoms with Crippen molar-refractivity contribution in [3.8, 4) is 0 Å². The molecule has 2 aromatic rings. The maximum absolute atomic E-state index is 2.76. The van der Waals surface area contributed by atoms with Gasteiger partial charge in [0.2, 0.25) is 0 Å². The molecule has 0 spiro atoms. The lowest BCUT2D eigenvalue weighted by atomic mass is 9.99. The molecule has 3 atom stereocenters. The van der Waals surface area contributed by atoms with E-state index >= 15 is 0 Å². The highest BCUT2D eigenvalue weighted by Gasteiger charge is 2.40. The second-order valence-electron chi connectivity index (χ2n) is 7.78. The van der Waals surface area contributed by atoms with Crippen molar-refractivity contribution in [3.63, 3.8) is 0 Å². The highest BCUT2D eigenvalue weighted by Crippen LogP contribution is 2.38. The van der Waals surface area contributed by atoms with Gasteiger partial charge in [0, 0.05) is 37.4 Å². The van der Waals surface area contributed by atoms with E-state index in [0.29, 0.717) is 12.1 Å². The minimum Gasteiger partial charge on any atom is -0.363 e. The van der Waals surface area contributed by atoms with E-state index in [0.717, 1.165) is 5.92 Å². The van der Waals surface area contributed by atoms with Gasteiger partial charge < -0.3 is 4.90 Å². The number of piperazine rings is 1. The molecule has 124 valence electrons. The van der Waals surface area contributed by atoms with Crippen LogP contribution in [0.4, 0.5) is 5.69 Å². The lowest BCUT2D eigenvalue weighted by Crippen LogP contribution is -2.54. The topological polar surface area (TPSA) is 6.48 Å². The van der Waals surface area contributed by atoms with Gasteiger partial charge in [-0.1, -0.05) is 42.5 Å². The van der Waals surface area contributed by atoms with Gasteiger partial charge in [0.1, 0.15) is 0 Å². The fraction of sp³-hybridized carbons (Fsp3) is 0.455. The first-order valence-corrected chi connectivity index (χ1v) is 9.52. The number of aryl methyl sites for hydroxylation is 1. The minimum absolute atomic E-state index is 0.711. The molecule has 2 bridgehead atoms. The van der Waals surface area contributed by atoms with Crippen molar-refractivity contribution in [1.29, 1.82) is 0 Å². The number of hydrogen-bond donors (Lipinski definition) is 0. The summed E-state index contributed by atoms with van der Waals surface area (Å²) in [7, 11) is 0. The van der Waals surface area contributed by atoms with Crippen molar-refractivity contribution in [2.75, 3.05) is 24.5 Å². The van der Waals surface area contributed by atoms with Crippen LogP contribution in [0.1, 0.15) is 36.3 Å². The van der Waals surface area contributed by atoms with Gasteiger partial charge in [0.15, 0.2) is 0 Å². The summed E-state index contributed by atoms with van der Waals surface area (Å²) in [6.07, 6.45) is 5.33. The molecule has 0 radical (unpaired) electrons. The zero-order chi connectivity index (χ0) is 15.9. The molecule has 2 heteroatoms. The number of para-hydroxylation sites is 1. The first-order chi connectivity index (χ1) is 11.9. The molecule has 2 aromatic carbocycles. The zero-order valence-corrected chi connectivity index (χ0v) is 14.3. The standard InChI is InChI=1S/C22H26N2/c1-2-7-19(8-3-1)24-20-12-13-21(24)16-23(15-20)14-18-11-10-17-6-4-5-9-22(17)18/h1-9,18,20-21H,10-16H2/t18?,20-,21+. The van der Waals surface area contributed by atoms with Gasteiger partial charge in [0.25, 0.3) is 0 Å². The third kappa shape index (κ3) is 2.44. The molecule has 24 heavy (non-hydrogen) atoms. The lowest BCUT2D eigenvalue weighted by Gasteiger charge is -2.43. The van der Waals surface area contributed by atoms with E-state index in [2.05, 4.69) is 64.4 Å². The maximum atomic E-state index is 2.76. The molecule has 1 aliphatic carbocycles. The van der Waals surface area contributed by atoms with Gasteiger partial charge in [-0.15, -0.1) is 0 Å². The van der Waals surface area contributed by atoms with E-state index < -0.39 is 0 Å². The number of benzene rings is 2. The molecule has 5 rings (SSSR count). The normalized spacial score (nSPS) is 29.0. The largest absolute Gasteiger partial charge is 0.363 e. The van der Waals surface area contributed by atoms with E-state index in [-0.39, 0.29) is 0 Å². The Morgan fingerprint density at radius 1 is 0.792 bits per heavy atom. The number of hydrogen-bond acceptors (Lipinski definition) is 2. The summed E-state index contributed by atoms with van der Waals surface area (Å²) in [5.74, 6) is 0.754. The molecule has 0 saturated carbocycles. The molecule has 2 heterocycles. The molecule has 1 unspecified atom stereocenters. The number of likely N-dealkylation sites (tertiary alicyclic amines) is 1. The molecule has 2 fully saturated rings. The van der Waals surface area contributed by atoms with Crippen LogP contribution >= 0.6 is 0 Å². The van der Waals surface area contributed by atoms with Gasteiger partial charge in [0.05, 0.1) is 0 Å². The summed E-state index contributed by atoms with van der Waals surface area (Å²) in [5, 5.41) is 0. The predicted octanol–water partition coefficient (Wildman–Crippen LogP) is 4.07. The van der Waals surface area contributed by atoms with Gasteiger partial charge >= 0.3 is 0 Å².